The molecule has 1 N–H and O–H groups in total. The predicted molar refractivity (Wildman–Crippen MR) is 73.7 cm³/mol. The Bertz CT molecular complexity index is 433. The lowest BCUT2D eigenvalue weighted by atomic mass is 9.73. The first-order valence-corrected chi connectivity index (χ1v) is 6.72. The van der Waals surface area contributed by atoms with Gasteiger partial charge in [-0.2, -0.15) is 0 Å². The van der Waals surface area contributed by atoms with Crippen LogP contribution in [0.3, 0.4) is 0 Å². The van der Waals surface area contributed by atoms with Crippen molar-refractivity contribution in [3.05, 3.63) is 29.8 Å². The standard InChI is InChI=1S/C15H21NO3/c1-3-16-10-8-15(9-11-16,14(17)18)12-4-6-13(19-2)7-5-12/h4-7H,3,8-11H2,1-2H3,(H,17,18). The average molecular weight is 263 g/mol. The maximum Gasteiger partial charge on any atom is 0.314 e. The zero-order chi connectivity index (χ0) is 13.9. The second-order valence-corrected chi connectivity index (χ2v) is 5.05. The van der Waals surface area contributed by atoms with Crippen LogP contribution in [0.5, 0.6) is 5.75 Å². The van der Waals surface area contributed by atoms with Gasteiger partial charge in [-0.05, 0) is 50.2 Å². The van der Waals surface area contributed by atoms with Crippen LogP contribution in [0.15, 0.2) is 24.3 Å². The number of hydrogen-bond acceptors (Lipinski definition) is 3. The van der Waals surface area contributed by atoms with Crippen molar-refractivity contribution in [1.29, 1.82) is 0 Å². The molecule has 0 amide bonds. The number of methoxy groups -OCH3 is 1. The number of rotatable bonds is 4. The molecule has 4 nitrogen and oxygen atoms in total. The average Bonchev–Trinajstić information content (AvgIpc) is 2.47. The van der Waals surface area contributed by atoms with Gasteiger partial charge in [0, 0.05) is 0 Å². The normalized spacial score (nSPS) is 19.1. The van der Waals surface area contributed by atoms with E-state index in [1.54, 1.807) is 7.11 Å². The van der Waals surface area contributed by atoms with Crippen molar-refractivity contribution < 1.29 is 14.6 Å². The number of benzene rings is 1. The summed E-state index contributed by atoms with van der Waals surface area (Å²) >= 11 is 0. The smallest absolute Gasteiger partial charge is 0.314 e. The minimum absolute atomic E-state index is 0.669. The minimum Gasteiger partial charge on any atom is -0.497 e. The first-order valence-electron chi connectivity index (χ1n) is 6.72. The van der Waals surface area contributed by atoms with Gasteiger partial charge in [0.05, 0.1) is 12.5 Å². The molecule has 0 aromatic heterocycles. The Morgan fingerprint density at radius 3 is 2.32 bits per heavy atom. The molecule has 0 bridgehead atoms. The number of carboxylic acid groups (broad SMARTS) is 1. The van der Waals surface area contributed by atoms with Gasteiger partial charge in [0.15, 0.2) is 0 Å². The molecule has 0 unspecified atom stereocenters. The monoisotopic (exact) mass is 263 g/mol. The summed E-state index contributed by atoms with van der Waals surface area (Å²) in [6.45, 7) is 4.78. The Morgan fingerprint density at radius 1 is 1.32 bits per heavy atom. The molecule has 19 heavy (non-hydrogen) atoms. The highest BCUT2D eigenvalue weighted by Gasteiger charge is 2.42. The third kappa shape index (κ3) is 2.59. The van der Waals surface area contributed by atoms with Crippen LogP contribution in [-0.4, -0.2) is 42.7 Å². The fourth-order valence-corrected chi connectivity index (χ4v) is 2.79. The van der Waals surface area contributed by atoms with E-state index in [-0.39, 0.29) is 0 Å². The summed E-state index contributed by atoms with van der Waals surface area (Å²) in [4.78, 5) is 14.1. The second-order valence-electron chi connectivity index (χ2n) is 5.05. The van der Waals surface area contributed by atoms with E-state index in [1.807, 2.05) is 24.3 Å². The van der Waals surface area contributed by atoms with Gasteiger partial charge in [-0.1, -0.05) is 19.1 Å². The first kappa shape index (κ1) is 13.9. The van der Waals surface area contributed by atoms with Crippen LogP contribution in [-0.2, 0) is 10.2 Å². The van der Waals surface area contributed by atoms with Crippen LogP contribution < -0.4 is 4.74 Å². The van der Waals surface area contributed by atoms with E-state index in [2.05, 4.69) is 11.8 Å². The molecular weight excluding hydrogens is 242 g/mol. The van der Waals surface area contributed by atoms with Gasteiger partial charge in [-0.15, -0.1) is 0 Å². The Balaban J connectivity index is 2.27. The molecule has 1 saturated heterocycles. The van der Waals surface area contributed by atoms with E-state index in [0.29, 0.717) is 12.8 Å². The van der Waals surface area contributed by atoms with E-state index in [0.717, 1.165) is 30.9 Å². The van der Waals surface area contributed by atoms with Crippen LogP contribution in [0.1, 0.15) is 25.3 Å². The molecule has 0 saturated carbocycles. The molecule has 1 heterocycles. The number of ether oxygens (including phenoxy) is 1. The van der Waals surface area contributed by atoms with Crippen molar-refractivity contribution in [1.82, 2.24) is 4.90 Å². The van der Waals surface area contributed by atoms with E-state index in [1.165, 1.54) is 0 Å². The van der Waals surface area contributed by atoms with E-state index in [9.17, 15) is 9.90 Å². The van der Waals surface area contributed by atoms with Gasteiger partial charge >= 0.3 is 5.97 Å². The molecular formula is C15H21NO3. The summed E-state index contributed by atoms with van der Waals surface area (Å²) in [6.07, 6.45) is 1.34. The maximum absolute atomic E-state index is 11.8. The number of likely N-dealkylation sites (tertiary alicyclic amines) is 1. The highest BCUT2D eigenvalue weighted by molar-refractivity contribution is 5.81. The molecule has 0 radical (unpaired) electrons. The molecule has 4 heteroatoms. The highest BCUT2D eigenvalue weighted by Crippen LogP contribution is 2.36. The molecule has 104 valence electrons. The fraction of sp³-hybridized carbons (Fsp3) is 0.533. The molecule has 2 rings (SSSR count). The van der Waals surface area contributed by atoms with Gasteiger partial charge in [0.1, 0.15) is 5.75 Å². The van der Waals surface area contributed by atoms with Crippen molar-refractivity contribution in [2.24, 2.45) is 0 Å². The fourth-order valence-electron chi connectivity index (χ4n) is 2.79. The van der Waals surface area contributed by atoms with Crippen molar-refractivity contribution in [3.63, 3.8) is 0 Å². The Morgan fingerprint density at radius 2 is 1.89 bits per heavy atom. The van der Waals surface area contributed by atoms with Gasteiger partial charge in [0.25, 0.3) is 0 Å². The quantitative estimate of drug-likeness (QED) is 0.904. The molecule has 1 aromatic rings. The number of piperidine rings is 1. The summed E-state index contributed by atoms with van der Waals surface area (Å²) < 4.78 is 5.13. The zero-order valence-corrected chi connectivity index (χ0v) is 11.6. The first-order chi connectivity index (χ1) is 9.12. The van der Waals surface area contributed by atoms with E-state index >= 15 is 0 Å². The largest absolute Gasteiger partial charge is 0.497 e. The number of aliphatic carboxylic acids is 1. The summed E-state index contributed by atoms with van der Waals surface area (Å²) in [5.74, 6) is 0.0451. The van der Waals surface area contributed by atoms with E-state index in [4.69, 9.17) is 4.74 Å². The van der Waals surface area contributed by atoms with Crippen molar-refractivity contribution in [2.75, 3.05) is 26.7 Å². The summed E-state index contributed by atoms with van der Waals surface area (Å²) in [5.41, 5.74) is 0.148. The van der Waals surface area contributed by atoms with Crippen LogP contribution in [0.2, 0.25) is 0 Å². The lowest BCUT2D eigenvalue weighted by Gasteiger charge is -2.38. The Hall–Kier alpha value is -1.55. The lowest BCUT2D eigenvalue weighted by molar-refractivity contribution is -0.146. The Labute approximate surface area is 114 Å². The van der Waals surface area contributed by atoms with Crippen molar-refractivity contribution in [3.8, 4) is 5.75 Å². The molecule has 0 spiro atoms. The lowest BCUT2D eigenvalue weighted by Crippen LogP contribution is -2.47. The Kier molecular flexibility index (Phi) is 4.10. The number of carboxylic acids is 1. The number of hydrogen-bond donors (Lipinski definition) is 1. The summed E-state index contributed by atoms with van der Waals surface area (Å²) in [5, 5.41) is 9.68. The molecule has 1 aliphatic heterocycles. The third-order valence-electron chi connectivity index (χ3n) is 4.21. The van der Waals surface area contributed by atoms with Crippen LogP contribution in [0.4, 0.5) is 0 Å². The zero-order valence-electron chi connectivity index (χ0n) is 11.6. The summed E-state index contributed by atoms with van der Waals surface area (Å²) in [7, 11) is 1.61. The topological polar surface area (TPSA) is 49.8 Å². The van der Waals surface area contributed by atoms with Crippen molar-refractivity contribution in [2.45, 2.75) is 25.2 Å². The molecule has 0 aliphatic carbocycles. The third-order valence-corrected chi connectivity index (χ3v) is 4.21. The van der Waals surface area contributed by atoms with Gasteiger partial charge in [-0.3, -0.25) is 4.79 Å². The number of nitrogens with zero attached hydrogens (tertiary/aromatic N) is 1. The van der Waals surface area contributed by atoms with E-state index < -0.39 is 11.4 Å². The van der Waals surface area contributed by atoms with Gasteiger partial charge < -0.3 is 14.7 Å². The molecule has 0 atom stereocenters. The maximum atomic E-state index is 11.8. The molecule has 1 aliphatic rings. The molecule has 1 aromatic carbocycles. The predicted octanol–water partition coefficient (Wildman–Crippen LogP) is 2.13. The van der Waals surface area contributed by atoms with Crippen LogP contribution >= 0.6 is 0 Å². The number of carbonyl (C=O) groups is 1. The second kappa shape index (κ2) is 5.61. The van der Waals surface area contributed by atoms with Crippen LogP contribution in [0, 0.1) is 0 Å². The molecule has 1 fully saturated rings. The highest BCUT2D eigenvalue weighted by atomic mass is 16.5. The van der Waals surface area contributed by atoms with Crippen LogP contribution in [0.25, 0.3) is 0 Å². The minimum atomic E-state index is -0.738. The van der Waals surface area contributed by atoms with Gasteiger partial charge in [-0.25, -0.2) is 0 Å². The summed E-state index contributed by atoms with van der Waals surface area (Å²) in [6, 6.07) is 7.45. The SMILES string of the molecule is CCN1CCC(C(=O)O)(c2ccc(OC)cc2)CC1. The van der Waals surface area contributed by atoms with Gasteiger partial charge in [0.2, 0.25) is 0 Å². The van der Waals surface area contributed by atoms with Crippen molar-refractivity contribution >= 4 is 5.97 Å².